The summed E-state index contributed by atoms with van der Waals surface area (Å²) in [6, 6.07) is 0. The van der Waals surface area contributed by atoms with Gasteiger partial charge in [0, 0.05) is 0 Å². The van der Waals surface area contributed by atoms with Crippen LogP contribution in [0, 0.1) is 51.8 Å². The van der Waals surface area contributed by atoms with Crippen LogP contribution in [0.15, 0.2) is 11.6 Å². The van der Waals surface area contributed by atoms with Crippen molar-refractivity contribution in [1.82, 2.24) is 0 Å². The minimum Gasteiger partial charge on any atom is -0.393 e. The third kappa shape index (κ3) is 4.45. The average Bonchev–Trinajstić information content (AvgIpc) is 3.07. The molecule has 4 aliphatic rings. The second kappa shape index (κ2) is 8.88. The Kier molecular flexibility index (Phi) is 6.96. The standard InChI is InChI=1S/C31H54O3/c1-19(26(33)18-27(28(2,3)4)29(5,6)34)23-11-12-24-22-10-9-20-17-21(32)13-15-30(20,7)25(22)14-16-31(23,24)8/h9,19,21-27,32-34H,10-18H2,1-8H3/t19-,21-,22-,23+,24-,25-,26-,27?,30-,31+/m0/s1. The zero-order valence-electron chi connectivity index (χ0n) is 23.4. The van der Waals surface area contributed by atoms with E-state index < -0.39 is 5.60 Å². The summed E-state index contributed by atoms with van der Waals surface area (Å²) in [5, 5.41) is 32.6. The van der Waals surface area contributed by atoms with Gasteiger partial charge in [0.25, 0.3) is 0 Å². The fourth-order valence-corrected chi connectivity index (χ4v) is 9.97. The summed E-state index contributed by atoms with van der Waals surface area (Å²) in [7, 11) is 0. The van der Waals surface area contributed by atoms with Crippen molar-refractivity contribution in [2.24, 2.45) is 51.8 Å². The van der Waals surface area contributed by atoms with Crippen molar-refractivity contribution in [3.63, 3.8) is 0 Å². The lowest BCUT2D eigenvalue weighted by molar-refractivity contribution is -0.0865. The van der Waals surface area contributed by atoms with E-state index >= 15 is 0 Å². The summed E-state index contributed by atoms with van der Waals surface area (Å²) in [6.07, 6.45) is 12.0. The molecule has 34 heavy (non-hydrogen) atoms. The lowest BCUT2D eigenvalue weighted by Gasteiger charge is -2.58. The van der Waals surface area contributed by atoms with Gasteiger partial charge in [0.2, 0.25) is 0 Å². The monoisotopic (exact) mass is 474 g/mol. The average molecular weight is 475 g/mol. The molecule has 3 N–H and O–H groups in total. The highest BCUT2D eigenvalue weighted by Gasteiger charge is 2.59. The molecule has 4 aliphatic carbocycles. The van der Waals surface area contributed by atoms with Gasteiger partial charge in [-0.1, -0.05) is 53.2 Å². The predicted octanol–water partition coefficient (Wildman–Crippen LogP) is 6.75. The van der Waals surface area contributed by atoms with Crippen LogP contribution in [0.2, 0.25) is 0 Å². The summed E-state index contributed by atoms with van der Waals surface area (Å²) < 4.78 is 0. The number of rotatable bonds is 5. The normalized spacial score (nSPS) is 43.3. The molecule has 0 amide bonds. The van der Waals surface area contributed by atoms with Gasteiger partial charge in [0.15, 0.2) is 0 Å². The number of fused-ring (bicyclic) bond motifs is 5. The van der Waals surface area contributed by atoms with E-state index in [0.717, 1.165) is 37.0 Å². The number of allylic oxidation sites excluding steroid dienone is 1. The van der Waals surface area contributed by atoms with Crippen molar-refractivity contribution >= 4 is 0 Å². The minimum absolute atomic E-state index is 0.0473. The van der Waals surface area contributed by atoms with E-state index in [2.05, 4.69) is 47.6 Å². The van der Waals surface area contributed by atoms with Gasteiger partial charge in [0.05, 0.1) is 17.8 Å². The fourth-order valence-electron chi connectivity index (χ4n) is 9.97. The molecular formula is C31H54O3. The van der Waals surface area contributed by atoms with Gasteiger partial charge in [0.1, 0.15) is 0 Å². The molecule has 0 aromatic carbocycles. The highest BCUT2D eigenvalue weighted by molar-refractivity contribution is 5.25. The van der Waals surface area contributed by atoms with Crippen molar-refractivity contribution in [3.05, 3.63) is 11.6 Å². The number of hydrogen-bond donors (Lipinski definition) is 3. The first kappa shape index (κ1) is 26.7. The first-order valence-electron chi connectivity index (χ1n) is 14.4. The largest absolute Gasteiger partial charge is 0.393 e. The topological polar surface area (TPSA) is 60.7 Å². The zero-order chi connectivity index (χ0) is 25.3. The smallest absolute Gasteiger partial charge is 0.0625 e. The molecule has 0 aromatic heterocycles. The maximum atomic E-state index is 11.5. The number of aliphatic hydroxyl groups is 3. The van der Waals surface area contributed by atoms with Gasteiger partial charge in [-0.2, -0.15) is 0 Å². The van der Waals surface area contributed by atoms with E-state index in [-0.39, 0.29) is 29.5 Å². The Bertz CT molecular complexity index is 759. The molecule has 3 nitrogen and oxygen atoms in total. The van der Waals surface area contributed by atoms with Crippen molar-refractivity contribution in [1.29, 1.82) is 0 Å². The van der Waals surface area contributed by atoms with Crippen LogP contribution in [-0.2, 0) is 0 Å². The maximum absolute atomic E-state index is 11.5. The van der Waals surface area contributed by atoms with E-state index in [4.69, 9.17) is 0 Å². The van der Waals surface area contributed by atoms with Gasteiger partial charge in [-0.3, -0.25) is 0 Å². The van der Waals surface area contributed by atoms with Crippen LogP contribution in [0.4, 0.5) is 0 Å². The minimum atomic E-state index is -0.797. The predicted molar refractivity (Wildman–Crippen MR) is 140 cm³/mol. The molecule has 3 saturated carbocycles. The number of aliphatic hydroxyl groups excluding tert-OH is 2. The second-order valence-electron chi connectivity index (χ2n) is 15.1. The Morgan fingerprint density at radius 1 is 1.00 bits per heavy atom. The first-order valence-corrected chi connectivity index (χ1v) is 14.4. The van der Waals surface area contributed by atoms with Gasteiger partial charge < -0.3 is 15.3 Å². The summed E-state index contributed by atoms with van der Waals surface area (Å²) in [5.74, 6) is 3.14. The fraction of sp³-hybridized carbons (Fsp3) is 0.935. The Hall–Kier alpha value is -0.380. The van der Waals surface area contributed by atoms with Crippen LogP contribution in [0.5, 0.6) is 0 Å². The van der Waals surface area contributed by atoms with Crippen LogP contribution < -0.4 is 0 Å². The molecular weight excluding hydrogens is 420 g/mol. The molecule has 0 heterocycles. The molecule has 0 radical (unpaired) electrons. The molecule has 0 aromatic rings. The summed E-state index contributed by atoms with van der Waals surface area (Å²) in [6.45, 7) is 17.7. The highest BCUT2D eigenvalue weighted by Crippen LogP contribution is 2.67. The third-order valence-electron chi connectivity index (χ3n) is 11.8. The van der Waals surface area contributed by atoms with Crippen LogP contribution in [-0.4, -0.2) is 33.1 Å². The molecule has 3 fully saturated rings. The van der Waals surface area contributed by atoms with Crippen molar-refractivity contribution in [2.75, 3.05) is 0 Å². The van der Waals surface area contributed by atoms with Gasteiger partial charge >= 0.3 is 0 Å². The van der Waals surface area contributed by atoms with Gasteiger partial charge in [-0.25, -0.2) is 0 Å². The third-order valence-corrected chi connectivity index (χ3v) is 11.8. The highest BCUT2D eigenvalue weighted by atomic mass is 16.3. The zero-order valence-corrected chi connectivity index (χ0v) is 23.4. The van der Waals surface area contributed by atoms with Crippen LogP contribution in [0.3, 0.4) is 0 Å². The van der Waals surface area contributed by atoms with Crippen molar-refractivity contribution in [2.45, 2.75) is 131 Å². The van der Waals surface area contributed by atoms with E-state index in [1.807, 2.05) is 13.8 Å². The van der Waals surface area contributed by atoms with E-state index in [0.29, 0.717) is 23.2 Å². The van der Waals surface area contributed by atoms with Crippen molar-refractivity contribution in [3.8, 4) is 0 Å². The Balaban J connectivity index is 1.51. The van der Waals surface area contributed by atoms with Crippen molar-refractivity contribution < 1.29 is 15.3 Å². The van der Waals surface area contributed by atoms with E-state index in [1.54, 1.807) is 5.57 Å². The van der Waals surface area contributed by atoms with Crippen LogP contribution >= 0.6 is 0 Å². The Morgan fingerprint density at radius 2 is 1.68 bits per heavy atom. The summed E-state index contributed by atoms with van der Waals surface area (Å²) in [4.78, 5) is 0. The molecule has 3 heteroatoms. The lowest BCUT2D eigenvalue weighted by Crippen LogP contribution is -2.51. The Morgan fingerprint density at radius 3 is 2.29 bits per heavy atom. The molecule has 0 spiro atoms. The first-order chi connectivity index (χ1) is 15.6. The molecule has 0 bridgehead atoms. The number of hydrogen-bond acceptors (Lipinski definition) is 3. The molecule has 196 valence electrons. The van der Waals surface area contributed by atoms with Crippen LogP contribution in [0.1, 0.15) is 113 Å². The maximum Gasteiger partial charge on any atom is 0.0625 e. The molecule has 0 saturated heterocycles. The lowest BCUT2D eigenvalue weighted by atomic mass is 9.47. The molecule has 1 unspecified atom stereocenters. The molecule has 0 aliphatic heterocycles. The SMILES string of the molecule is C[C@@H]([C@H]1CC[C@H]2[C@@H]3CC=C4C[C@@H](O)CC[C@]4(C)[C@H]3CC[C@]12C)[C@@H](O)CC(C(C)(C)C)C(C)(C)O. The van der Waals surface area contributed by atoms with E-state index in [1.165, 1.54) is 32.1 Å². The quantitative estimate of drug-likeness (QED) is 0.386. The van der Waals surface area contributed by atoms with Gasteiger partial charge in [-0.15, -0.1) is 0 Å². The summed E-state index contributed by atoms with van der Waals surface area (Å²) in [5.41, 5.74) is 1.31. The summed E-state index contributed by atoms with van der Waals surface area (Å²) >= 11 is 0. The van der Waals surface area contributed by atoms with Gasteiger partial charge in [-0.05, 0) is 123 Å². The van der Waals surface area contributed by atoms with Crippen LogP contribution in [0.25, 0.3) is 0 Å². The second-order valence-corrected chi connectivity index (χ2v) is 15.1. The molecule has 4 rings (SSSR count). The molecule has 10 atom stereocenters. The Labute approximate surface area is 209 Å². The van der Waals surface area contributed by atoms with E-state index in [9.17, 15) is 15.3 Å².